The summed E-state index contributed by atoms with van der Waals surface area (Å²) in [4.78, 5) is 42.7. The first-order chi connectivity index (χ1) is 53.5. The molecule has 3 heterocycles. The highest BCUT2D eigenvalue weighted by molar-refractivity contribution is 8.04. The van der Waals surface area contributed by atoms with Crippen molar-refractivity contribution in [1.29, 1.82) is 0 Å². The zero-order chi connectivity index (χ0) is 75.0. The van der Waals surface area contributed by atoms with Gasteiger partial charge in [0.1, 0.15) is 84.3 Å². The fourth-order valence-electron chi connectivity index (χ4n) is 16.8. The van der Waals surface area contributed by atoms with Gasteiger partial charge < -0.3 is 33.2 Å². The van der Waals surface area contributed by atoms with E-state index in [1.807, 2.05) is 98.4 Å². The van der Waals surface area contributed by atoms with E-state index in [4.69, 9.17) is 33.2 Å². The minimum atomic E-state index is -3.67. The van der Waals surface area contributed by atoms with Gasteiger partial charge in [0.25, 0.3) is 0 Å². The number of hydrogen-bond donors (Lipinski definition) is 0. The van der Waals surface area contributed by atoms with Crippen LogP contribution < -0.4 is 14.2 Å². The van der Waals surface area contributed by atoms with Crippen LogP contribution in [0.2, 0.25) is 0 Å². The van der Waals surface area contributed by atoms with E-state index in [0.29, 0.717) is 40.9 Å². The van der Waals surface area contributed by atoms with Crippen molar-refractivity contribution in [3.05, 3.63) is 299 Å². The molecule has 0 aromatic heterocycles. The minimum absolute atomic E-state index is 0.107. The van der Waals surface area contributed by atoms with Crippen LogP contribution in [0.25, 0.3) is 22.3 Å². The molecule has 110 heavy (non-hydrogen) atoms. The van der Waals surface area contributed by atoms with Gasteiger partial charge in [0.2, 0.25) is 9.84 Å². The number of benzene rings is 12. The van der Waals surface area contributed by atoms with Gasteiger partial charge in [0.05, 0.1) is 31.8 Å². The average Bonchev–Trinajstić information content (AvgIpc) is 1.15. The van der Waals surface area contributed by atoms with Gasteiger partial charge in [-0.15, -0.1) is 0 Å². The van der Waals surface area contributed by atoms with Crippen molar-refractivity contribution in [3.8, 4) is 39.5 Å². The number of fused-ring (bicyclic) bond motifs is 9. The van der Waals surface area contributed by atoms with Crippen molar-refractivity contribution < 1.29 is 51.2 Å². The van der Waals surface area contributed by atoms with Crippen molar-refractivity contribution in [2.45, 2.75) is 163 Å². The quantitative estimate of drug-likeness (QED) is 0.0311. The summed E-state index contributed by atoms with van der Waals surface area (Å²) in [5.41, 5.74) is 11.4. The largest absolute Gasteiger partial charge is 0.491 e. The second kappa shape index (κ2) is 29.4. The molecular weight excluding hydrogens is 1490 g/mol. The minimum Gasteiger partial charge on any atom is -0.491 e. The van der Waals surface area contributed by atoms with Crippen molar-refractivity contribution in [2.24, 2.45) is 0 Å². The van der Waals surface area contributed by atoms with Gasteiger partial charge in [-0.3, -0.25) is 0 Å². The molecule has 12 aromatic rings. The van der Waals surface area contributed by atoms with Gasteiger partial charge in [0, 0.05) is 28.8 Å². The molecule has 3 aliphatic heterocycles. The SMILES string of the molecule is Cc1cc([S+]2c3ccccc3Sc3c(-c4cccc5c4C(C)(OC(=O)COc4ccc([S+]6c7ccccc7S(=O)(=O)c7ccccc76)cc4)CC5)cccc32)cc(C)c1OCCOCOC1(C)CCc2cccc(-c3cccc4c3Sc3ccccc3[S+]4c3ccc(OCC(=O)OC4(C)CCc5ccccc54)cc3)c21. The predicted octanol–water partition coefficient (Wildman–Crippen LogP) is 20.8. The first kappa shape index (κ1) is 72.2. The molecule has 0 fully saturated rings. The molecule has 18 rings (SSSR count). The summed E-state index contributed by atoms with van der Waals surface area (Å²) >= 11 is 3.64. The number of esters is 2. The molecule has 0 bridgehead atoms. The summed E-state index contributed by atoms with van der Waals surface area (Å²) in [5.74, 6) is 1.12. The second-order valence-corrected chi connectivity index (χ2v) is 39.0. The maximum Gasteiger partial charge on any atom is 0.345 e. The number of sulfone groups is 1. The maximum absolute atomic E-state index is 14.1. The Kier molecular flexibility index (Phi) is 19.3. The molecule has 550 valence electrons. The van der Waals surface area contributed by atoms with E-state index >= 15 is 0 Å². The molecule has 0 saturated carbocycles. The first-order valence-corrected chi connectivity index (χ1v) is 43.9. The molecule has 12 aromatic carbocycles. The van der Waals surface area contributed by atoms with Crippen LogP contribution in [0.4, 0.5) is 0 Å². The number of rotatable bonds is 20. The molecule has 0 radical (unpaired) electrons. The Balaban J connectivity index is 0.530. The molecule has 11 nitrogen and oxygen atoms in total. The van der Waals surface area contributed by atoms with E-state index in [1.165, 1.54) is 71.9 Å². The lowest BCUT2D eigenvalue weighted by Crippen LogP contribution is -2.30. The first-order valence-electron chi connectivity index (χ1n) is 37.2. The van der Waals surface area contributed by atoms with Crippen LogP contribution in [0.3, 0.4) is 0 Å². The van der Waals surface area contributed by atoms with Gasteiger partial charge in [0.15, 0.2) is 57.3 Å². The van der Waals surface area contributed by atoms with Gasteiger partial charge in [-0.2, -0.15) is 0 Å². The molecule has 5 atom stereocenters. The third kappa shape index (κ3) is 13.1. The summed E-state index contributed by atoms with van der Waals surface area (Å²) in [7, 11) is -5.24. The Hall–Kier alpha value is -9.40. The van der Waals surface area contributed by atoms with Gasteiger partial charge in [-0.05, 0) is 232 Å². The smallest absolute Gasteiger partial charge is 0.345 e. The third-order valence-corrected chi connectivity index (χ3v) is 34.0. The van der Waals surface area contributed by atoms with Crippen LogP contribution in [0.1, 0.15) is 84.5 Å². The Morgan fingerprint density at radius 2 is 0.827 bits per heavy atom. The summed E-state index contributed by atoms with van der Waals surface area (Å²) in [6, 6.07) is 87.0. The van der Waals surface area contributed by atoms with E-state index in [-0.39, 0.29) is 26.0 Å². The summed E-state index contributed by atoms with van der Waals surface area (Å²) in [6.45, 7) is 10.8. The van der Waals surface area contributed by atoms with Crippen molar-refractivity contribution in [2.75, 3.05) is 33.2 Å². The van der Waals surface area contributed by atoms with Gasteiger partial charge in [-0.25, -0.2) is 18.0 Å². The van der Waals surface area contributed by atoms with Crippen molar-refractivity contribution in [1.82, 2.24) is 0 Å². The molecule has 0 N–H and O–H groups in total. The summed E-state index contributed by atoms with van der Waals surface area (Å²) < 4.78 is 72.1. The summed E-state index contributed by atoms with van der Waals surface area (Å²) in [5, 5.41) is 0. The standard InChI is InChI=1S/C93H79O11S6/c1-59-54-68(109-77-31-11-9-29-75(77)106-90-72(26-19-35-81(90)109)70-24-17-22-63-48-51-93(5,87(63)70)104-85(95)57-101-65-40-44-67(45-41-65)108-78-32-12-14-36-82(78)110(96,97)83-37-15-13-33-79(83)108)55-60(2)88(59)99-53-52-98-58-102-92(4)50-47-62-21-16-23-69(86(62)92)71-25-18-34-80-89(71)105-74-28-8-10-30-76(74)107(80)66-42-38-64(39-43-66)100-56-84(94)103-91(3)49-46-61-20-6-7-27-73(61)91/h6-45,54-55H,46-53,56-58H2,1-5H3/q+3. The molecule has 0 saturated heterocycles. The summed E-state index contributed by atoms with van der Waals surface area (Å²) in [6.07, 6.45) is 4.74. The highest BCUT2D eigenvalue weighted by Gasteiger charge is 2.48. The molecule has 17 heteroatoms. The fraction of sp³-hybridized carbons (Fsp3) is 0.204. The third-order valence-electron chi connectivity index (χ3n) is 21.9. The Labute approximate surface area is 659 Å². The predicted molar refractivity (Wildman–Crippen MR) is 433 cm³/mol. The van der Waals surface area contributed by atoms with Crippen LogP contribution >= 0.6 is 23.5 Å². The number of ether oxygens (including phenoxy) is 7. The monoisotopic (exact) mass is 1560 g/mol. The Morgan fingerprint density at radius 3 is 1.39 bits per heavy atom. The number of carbonyl (C=O) groups is 2. The zero-order valence-electron chi connectivity index (χ0n) is 61.5. The zero-order valence-corrected chi connectivity index (χ0v) is 66.4. The molecule has 6 aliphatic rings. The number of carbonyl (C=O) groups excluding carboxylic acids is 2. The average molecular weight is 1570 g/mol. The number of aryl methyl sites for hydroxylation is 5. The molecule has 5 unspecified atom stereocenters. The Morgan fingerprint density at radius 1 is 0.409 bits per heavy atom. The van der Waals surface area contributed by atoms with E-state index in [1.54, 1.807) is 36.0 Å². The molecule has 0 amide bonds. The lowest BCUT2D eigenvalue weighted by Gasteiger charge is -2.29. The molecule has 3 aliphatic carbocycles. The second-order valence-electron chi connectivity index (χ2n) is 29.1. The lowest BCUT2D eigenvalue weighted by molar-refractivity contribution is -0.162. The van der Waals surface area contributed by atoms with Gasteiger partial charge in [-0.1, -0.05) is 157 Å². The van der Waals surface area contributed by atoms with Crippen LogP contribution in [0.5, 0.6) is 17.2 Å². The normalized spacial score (nSPS) is 19.9. The van der Waals surface area contributed by atoms with E-state index in [2.05, 4.69) is 178 Å². The van der Waals surface area contributed by atoms with Crippen LogP contribution in [-0.4, -0.2) is 53.6 Å². The topological polar surface area (TPSA) is 133 Å². The highest BCUT2D eigenvalue weighted by atomic mass is 32.2. The van der Waals surface area contributed by atoms with Crippen LogP contribution in [0.15, 0.2) is 328 Å². The molecular formula is C93H79O11S6+3. The van der Waals surface area contributed by atoms with Crippen molar-refractivity contribution in [3.63, 3.8) is 0 Å². The van der Waals surface area contributed by atoms with Crippen molar-refractivity contribution >= 4 is 78.0 Å². The van der Waals surface area contributed by atoms with Gasteiger partial charge >= 0.3 is 11.9 Å². The van der Waals surface area contributed by atoms with Crippen LogP contribution in [0, 0.1) is 13.8 Å². The highest BCUT2D eigenvalue weighted by Crippen LogP contribution is 2.57. The Bertz CT molecular complexity index is 5710. The molecule has 0 spiro atoms. The van der Waals surface area contributed by atoms with E-state index in [9.17, 15) is 18.0 Å². The van der Waals surface area contributed by atoms with E-state index < -0.39 is 65.3 Å². The van der Waals surface area contributed by atoms with Crippen LogP contribution in [-0.2, 0) is 107 Å². The lowest BCUT2D eigenvalue weighted by atomic mass is 9.89. The van der Waals surface area contributed by atoms with E-state index in [0.717, 1.165) is 96.4 Å². The fourth-order valence-corrected chi connectivity index (χ4v) is 29.5. The number of hydrogen-bond acceptors (Lipinski definition) is 13. The maximum atomic E-state index is 14.1.